The smallest absolute Gasteiger partial charge is 0.316 e. The Bertz CT molecular complexity index is 593. The van der Waals surface area contributed by atoms with Crippen LogP contribution in [0, 0.1) is 0 Å². The van der Waals surface area contributed by atoms with E-state index >= 15 is 0 Å². The lowest BCUT2D eigenvalue weighted by molar-refractivity contribution is -0.135. The van der Waals surface area contributed by atoms with Crippen molar-refractivity contribution in [3.63, 3.8) is 0 Å². The number of hydrogen-bond acceptors (Lipinski definition) is 3. The molecule has 3 nitrogen and oxygen atoms in total. The van der Waals surface area contributed by atoms with Crippen LogP contribution in [-0.4, -0.2) is 10.9 Å². The Hall–Kier alpha value is -2.55. The fourth-order valence-electron chi connectivity index (χ4n) is 2.42. The van der Waals surface area contributed by atoms with E-state index in [1.807, 2.05) is 36.4 Å². The molecule has 0 unspecified atom stereocenters. The van der Waals surface area contributed by atoms with Gasteiger partial charge in [-0.25, -0.2) is 0 Å². The molecule has 1 aliphatic rings. The standard InChI is InChI=1S/C18H17NO2/c20-18-11-17(14-21-18)19(12-15-7-3-1-4-8-15)13-16-9-5-2-6-10-16/h1-10,14H,11-13H2. The maximum Gasteiger partial charge on any atom is 0.316 e. The van der Waals surface area contributed by atoms with Gasteiger partial charge in [0.25, 0.3) is 0 Å². The molecule has 0 saturated carbocycles. The summed E-state index contributed by atoms with van der Waals surface area (Å²) in [6, 6.07) is 20.5. The third-order valence-corrected chi connectivity index (χ3v) is 3.49. The van der Waals surface area contributed by atoms with Crippen molar-refractivity contribution in [3.05, 3.63) is 83.7 Å². The number of cyclic esters (lactones) is 1. The van der Waals surface area contributed by atoms with Gasteiger partial charge in [0.15, 0.2) is 0 Å². The molecule has 21 heavy (non-hydrogen) atoms. The summed E-state index contributed by atoms with van der Waals surface area (Å²) in [5.74, 6) is -0.184. The normalized spacial score (nSPS) is 13.7. The lowest BCUT2D eigenvalue weighted by atomic mass is 10.1. The Kier molecular flexibility index (Phi) is 4.01. The molecule has 0 bridgehead atoms. The Morgan fingerprint density at radius 1 is 0.857 bits per heavy atom. The molecule has 0 amide bonds. The van der Waals surface area contributed by atoms with Crippen molar-refractivity contribution >= 4 is 5.97 Å². The molecule has 1 aliphatic heterocycles. The molecule has 0 saturated heterocycles. The molecule has 2 aromatic carbocycles. The van der Waals surface area contributed by atoms with Crippen LogP contribution < -0.4 is 0 Å². The minimum Gasteiger partial charge on any atom is -0.432 e. The Labute approximate surface area is 124 Å². The van der Waals surface area contributed by atoms with E-state index < -0.39 is 0 Å². The largest absolute Gasteiger partial charge is 0.432 e. The van der Waals surface area contributed by atoms with Crippen molar-refractivity contribution in [2.45, 2.75) is 19.5 Å². The lowest BCUT2D eigenvalue weighted by Gasteiger charge is -2.25. The number of rotatable bonds is 5. The molecule has 3 rings (SSSR count). The first-order chi connectivity index (χ1) is 10.3. The van der Waals surface area contributed by atoms with Crippen LogP contribution in [0.3, 0.4) is 0 Å². The van der Waals surface area contributed by atoms with Gasteiger partial charge in [0.2, 0.25) is 0 Å². The van der Waals surface area contributed by atoms with Gasteiger partial charge >= 0.3 is 5.97 Å². The number of hydrogen-bond donors (Lipinski definition) is 0. The molecule has 0 fully saturated rings. The number of ether oxygens (including phenoxy) is 1. The van der Waals surface area contributed by atoms with E-state index in [0.29, 0.717) is 6.42 Å². The molecule has 3 heteroatoms. The molecule has 0 N–H and O–H groups in total. The molecule has 1 heterocycles. The van der Waals surface area contributed by atoms with Crippen LogP contribution >= 0.6 is 0 Å². The predicted octanol–water partition coefficient (Wildman–Crippen LogP) is 3.48. The summed E-state index contributed by atoms with van der Waals surface area (Å²) >= 11 is 0. The van der Waals surface area contributed by atoms with Crippen LogP contribution in [0.2, 0.25) is 0 Å². The molecule has 0 aromatic heterocycles. The second kappa shape index (κ2) is 6.27. The molecule has 0 atom stereocenters. The van der Waals surface area contributed by atoms with Gasteiger partial charge in [-0.3, -0.25) is 4.79 Å². The monoisotopic (exact) mass is 279 g/mol. The quantitative estimate of drug-likeness (QED) is 0.785. The predicted molar refractivity (Wildman–Crippen MR) is 80.9 cm³/mol. The van der Waals surface area contributed by atoms with Crippen molar-refractivity contribution in [2.24, 2.45) is 0 Å². The maximum absolute atomic E-state index is 11.4. The van der Waals surface area contributed by atoms with E-state index in [0.717, 1.165) is 18.8 Å². The molecule has 0 radical (unpaired) electrons. The summed E-state index contributed by atoms with van der Waals surface area (Å²) in [7, 11) is 0. The van der Waals surface area contributed by atoms with Crippen molar-refractivity contribution in [1.82, 2.24) is 4.90 Å². The fraction of sp³-hybridized carbons (Fsp3) is 0.167. The summed E-state index contributed by atoms with van der Waals surface area (Å²) in [6.07, 6.45) is 1.92. The fourth-order valence-corrected chi connectivity index (χ4v) is 2.42. The zero-order chi connectivity index (χ0) is 14.5. The van der Waals surface area contributed by atoms with Crippen LogP contribution in [0.1, 0.15) is 17.5 Å². The van der Waals surface area contributed by atoms with Crippen molar-refractivity contribution < 1.29 is 9.53 Å². The first-order valence-electron chi connectivity index (χ1n) is 7.02. The van der Waals surface area contributed by atoms with Gasteiger partial charge in [-0.2, -0.15) is 0 Å². The van der Waals surface area contributed by atoms with Crippen LogP contribution in [0.4, 0.5) is 0 Å². The SMILES string of the molecule is O=C1CC(N(Cc2ccccc2)Cc2ccccc2)=CO1. The maximum atomic E-state index is 11.4. The van der Waals surface area contributed by atoms with Gasteiger partial charge in [0, 0.05) is 13.1 Å². The van der Waals surface area contributed by atoms with Gasteiger partial charge in [0.05, 0.1) is 12.1 Å². The summed E-state index contributed by atoms with van der Waals surface area (Å²) in [6.45, 7) is 1.52. The highest BCUT2D eigenvalue weighted by Gasteiger charge is 2.21. The van der Waals surface area contributed by atoms with Gasteiger partial charge in [-0.15, -0.1) is 0 Å². The van der Waals surface area contributed by atoms with E-state index in [-0.39, 0.29) is 5.97 Å². The zero-order valence-electron chi connectivity index (χ0n) is 11.7. The van der Waals surface area contributed by atoms with Crippen molar-refractivity contribution in [1.29, 1.82) is 0 Å². The molecule has 0 aliphatic carbocycles. The average molecular weight is 279 g/mol. The Morgan fingerprint density at radius 3 is 1.81 bits per heavy atom. The van der Waals surface area contributed by atoms with E-state index in [4.69, 9.17) is 4.74 Å². The highest BCUT2D eigenvalue weighted by atomic mass is 16.5. The van der Waals surface area contributed by atoms with Gasteiger partial charge < -0.3 is 9.64 Å². The molecular formula is C18H17NO2. The minimum absolute atomic E-state index is 0.184. The highest BCUT2D eigenvalue weighted by molar-refractivity contribution is 5.75. The van der Waals surface area contributed by atoms with Crippen molar-refractivity contribution in [2.75, 3.05) is 0 Å². The number of carbonyl (C=O) groups excluding carboxylic acids is 1. The second-order valence-corrected chi connectivity index (χ2v) is 5.10. The molecule has 106 valence electrons. The van der Waals surface area contributed by atoms with Gasteiger partial charge in [-0.1, -0.05) is 60.7 Å². The second-order valence-electron chi connectivity index (χ2n) is 5.10. The summed E-state index contributed by atoms with van der Waals surface area (Å²) < 4.78 is 4.98. The lowest BCUT2D eigenvalue weighted by Crippen LogP contribution is -2.22. The van der Waals surface area contributed by atoms with Gasteiger partial charge in [0.1, 0.15) is 6.26 Å². The topological polar surface area (TPSA) is 29.5 Å². The summed E-state index contributed by atoms with van der Waals surface area (Å²) in [5, 5.41) is 0. The highest BCUT2D eigenvalue weighted by Crippen LogP contribution is 2.22. The Balaban J connectivity index is 1.79. The van der Waals surface area contributed by atoms with E-state index in [9.17, 15) is 4.79 Å². The number of esters is 1. The average Bonchev–Trinajstić information content (AvgIpc) is 2.95. The minimum atomic E-state index is -0.184. The zero-order valence-corrected chi connectivity index (χ0v) is 11.7. The molecular weight excluding hydrogens is 262 g/mol. The third kappa shape index (κ3) is 3.51. The summed E-state index contributed by atoms with van der Waals surface area (Å²) in [4.78, 5) is 13.6. The van der Waals surface area contributed by atoms with E-state index in [1.165, 1.54) is 11.1 Å². The number of benzene rings is 2. The van der Waals surface area contributed by atoms with E-state index in [2.05, 4.69) is 29.2 Å². The first kappa shape index (κ1) is 13.4. The number of carbonyl (C=O) groups is 1. The van der Waals surface area contributed by atoms with Crippen LogP contribution in [-0.2, 0) is 22.6 Å². The van der Waals surface area contributed by atoms with E-state index in [1.54, 1.807) is 6.26 Å². The van der Waals surface area contributed by atoms with Crippen LogP contribution in [0.5, 0.6) is 0 Å². The first-order valence-corrected chi connectivity index (χ1v) is 7.02. The van der Waals surface area contributed by atoms with Gasteiger partial charge in [-0.05, 0) is 11.1 Å². The van der Waals surface area contributed by atoms with Crippen LogP contribution in [0.15, 0.2) is 72.6 Å². The summed E-state index contributed by atoms with van der Waals surface area (Å²) in [5.41, 5.74) is 3.37. The van der Waals surface area contributed by atoms with Crippen molar-refractivity contribution in [3.8, 4) is 0 Å². The van der Waals surface area contributed by atoms with Crippen LogP contribution in [0.25, 0.3) is 0 Å². The number of nitrogens with zero attached hydrogens (tertiary/aromatic N) is 1. The third-order valence-electron chi connectivity index (χ3n) is 3.49. The molecule has 2 aromatic rings. The molecule has 0 spiro atoms. The Morgan fingerprint density at radius 2 is 1.38 bits per heavy atom.